The van der Waals surface area contributed by atoms with Crippen LogP contribution in [0.25, 0.3) is 0 Å². The fraction of sp³-hybridized carbons (Fsp3) is 0.133. The Bertz CT molecular complexity index is 677. The molecule has 3 N–H and O–H groups in total. The summed E-state index contributed by atoms with van der Waals surface area (Å²) in [7, 11) is 0. The molecule has 0 atom stereocenters. The first-order valence-electron chi connectivity index (χ1n) is 6.30. The number of hydrogen-bond acceptors (Lipinski definition) is 3. The Morgan fingerprint density at radius 1 is 1.38 bits per heavy atom. The van der Waals surface area contributed by atoms with E-state index in [1.165, 1.54) is 12.1 Å². The van der Waals surface area contributed by atoms with Gasteiger partial charge in [0.15, 0.2) is 11.6 Å². The maximum atomic E-state index is 13.7. The number of benzene rings is 2. The third kappa shape index (κ3) is 3.44. The average molecular weight is 309 g/mol. The van der Waals surface area contributed by atoms with E-state index in [1.54, 1.807) is 31.2 Å². The summed E-state index contributed by atoms with van der Waals surface area (Å²) in [6.45, 7) is 2.12. The van der Waals surface area contributed by atoms with E-state index in [9.17, 15) is 9.18 Å². The number of ether oxygens (including phenoxy) is 1. The Kier molecular flexibility index (Phi) is 4.65. The van der Waals surface area contributed by atoms with Crippen LogP contribution in [-0.4, -0.2) is 12.5 Å². The lowest BCUT2D eigenvalue weighted by Gasteiger charge is -2.10. The van der Waals surface area contributed by atoms with Crippen molar-refractivity contribution in [3.05, 3.63) is 52.8 Å². The van der Waals surface area contributed by atoms with Crippen LogP contribution >= 0.6 is 11.6 Å². The minimum atomic E-state index is -0.547. The first-order chi connectivity index (χ1) is 10.0. The number of nitrogens with one attached hydrogen (secondary N) is 1. The first-order valence-corrected chi connectivity index (χ1v) is 6.68. The molecule has 0 heterocycles. The predicted octanol–water partition coefficient (Wildman–Crippen LogP) is 3.71. The molecule has 0 aliphatic carbocycles. The largest absolute Gasteiger partial charge is 0.491 e. The topological polar surface area (TPSA) is 64.3 Å². The summed E-state index contributed by atoms with van der Waals surface area (Å²) in [6.07, 6.45) is 0. The SMILES string of the molecule is CCOc1ccc(NC(=O)c2cccc(Cl)c2N)cc1F. The van der Waals surface area contributed by atoms with Gasteiger partial charge >= 0.3 is 0 Å². The van der Waals surface area contributed by atoms with Crippen molar-refractivity contribution in [2.45, 2.75) is 6.92 Å². The lowest BCUT2D eigenvalue weighted by Crippen LogP contribution is -2.14. The van der Waals surface area contributed by atoms with Gasteiger partial charge in [-0.25, -0.2) is 4.39 Å². The van der Waals surface area contributed by atoms with E-state index in [0.717, 1.165) is 0 Å². The van der Waals surface area contributed by atoms with Gasteiger partial charge in [0.1, 0.15) is 0 Å². The fourth-order valence-electron chi connectivity index (χ4n) is 1.78. The molecule has 4 nitrogen and oxygen atoms in total. The van der Waals surface area contributed by atoms with Gasteiger partial charge < -0.3 is 15.8 Å². The molecular formula is C15H14ClFN2O2. The van der Waals surface area contributed by atoms with E-state index in [1.807, 2.05) is 0 Å². The number of carbonyl (C=O) groups is 1. The molecule has 0 aliphatic rings. The molecule has 0 aromatic heterocycles. The number of amides is 1. The number of carbonyl (C=O) groups excluding carboxylic acids is 1. The minimum absolute atomic E-state index is 0.137. The zero-order chi connectivity index (χ0) is 15.4. The van der Waals surface area contributed by atoms with Crippen LogP contribution in [0.2, 0.25) is 5.02 Å². The van der Waals surface area contributed by atoms with Crippen molar-refractivity contribution in [3.63, 3.8) is 0 Å². The maximum absolute atomic E-state index is 13.7. The number of para-hydroxylation sites is 1. The summed E-state index contributed by atoms with van der Waals surface area (Å²) < 4.78 is 18.8. The second-order valence-corrected chi connectivity index (χ2v) is 4.64. The standard InChI is InChI=1S/C15H14ClFN2O2/c1-2-21-13-7-6-9(8-12(13)17)19-15(20)10-4-3-5-11(16)14(10)18/h3-8H,2,18H2,1H3,(H,19,20). The fourth-order valence-corrected chi connectivity index (χ4v) is 1.96. The Balaban J connectivity index is 2.20. The highest BCUT2D eigenvalue weighted by Crippen LogP contribution is 2.25. The molecule has 0 unspecified atom stereocenters. The van der Waals surface area contributed by atoms with Gasteiger partial charge in [0, 0.05) is 11.8 Å². The summed E-state index contributed by atoms with van der Waals surface area (Å²) in [5.41, 5.74) is 6.47. The number of halogens is 2. The molecule has 2 rings (SSSR count). The third-order valence-corrected chi connectivity index (χ3v) is 3.12. The second kappa shape index (κ2) is 6.45. The quantitative estimate of drug-likeness (QED) is 0.846. The summed E-state index contributed by atoms with van der Waals surface area (Å²) in [5.74, 6) is -0.870. The number of rotatable bonds is 4. The highest BCUT2D eigenvalue weighted by molar-refractivity contribution is 6.34. The van der Waals surface area contributed by atoms with Gasteiger partial charge in [-0.3, -0.25) is 4.79 Å². The first kappa shape index (κ1) is 15.1. The Labute approximate surface area is 126 Å². The van der Waals surface area contributed by atoms with Crippen LogP contribution in [0.4, 0.5) is 15.8 Å². The van der Waals surface area contributed by atoms with E-state index < -0.39 is 11.7 Å². The molecule has 0 saturated heterocycles. The van der Waals surface area contributed by atoms with Crippen molar-refractivity contribution in [2.75, 3.05) is 17.7 Å². The van der Waals surface area contributed by atoms with Crippen LogP contribution in [0.15, 0.2) is 36.4 Å². The highest BCUT2D eigenvalue weighted by Gasteiger charge is 2.13. The third-order valence-electron chi connectivity index (χ3n) is 2.79. The lowest BCUT2D eigenvalue weighted by atomic mass is 10.1. The zero-order valence-corrected chi connectivity index (χ0v) is 12.1. The van der Waals surface area contributed by atoms with E-state index in [4.69, 9.17) is 22.1 Å². The maximum Gasteiger partial charge on any atom is 0.257 e. The van der Waals surface area contributed by atoms with Gasteiger partial charge in [0.2, 0.25) is 0 Å². The molecule has 0 fully saturated rings. The van der Waals surface area contributed by atoms with Crippen molar-refractivity contribution >= 4 is 28.9 Å². The van der Waals surface area contributed by atoms with E-state index in [2.05, 4.69) is 5.32 Å². The molecule has 0 radical (unpaired) electrons. The predicted molar refractivity (Wildman–Crippen MR) is 81.4 cm³/mol. The monoisotopic (exact) mass is 308 g/mol. The van der Waals surface area contributed by atoms with E-state index in [-0.39, 0.29) is 17.0 Å². The molecule has 1 amide bonds. The Morgan fingerprint density at radius 3 is 2.81 bits per heavy atom. The number of anilines is 2. The van der Waals surface area contributed by atoms with Crippen molar-refractivity contribution in [1.82, 2.24) is 0 Å². The molecule has 2 aromatic carbocycles. The van der Waals surface area contributed by atoms with Gasteiger partial charge in [-0.1, -0.05) is 17.7 Å². The minimum Gasteiger partial charge on any atom is -0.491 e. The Morgan fingerprint density at radius 2 is 2.14 bits per heavy atom. The van der Waals surface area contributed by atoms with Gasteiger partial charge in [-0.2, -0.15) is 0 Å². The molecule has 21 heavy (non-hydrogen) atoms. The van der Waals surface area contributed by atoms with Crippen LogP contribution in [0, 0.1) is 5.82 Å². The van der Waals surface area contributed by atoms with Gasteiger partial charge in [0.25, 0.3) is 5.91 Å². The molecular weight excluding hydrogens is 295 g/mol. The van der Waals surface area contributed by atoms with Crippen molar-refractivity contribution in [1.29, 1.82) is 0 Å². The molecule has 0 spiro atoms. The summed E-state index contributed by atoms with van der Waals surface area (Å²) in [4.78, 5) is 12.1. The lowest BCUT2D eigenvalue weighted by molar-refractivity contribution is 0.102. The molecule has 6 heteroatoms. The molecule has 0 saturated carbocycles. The van der Waals surface area contributed by atoms with Crippen LogP contribution in [0.1, 0.15) is 17.3 Å². The molecule has 0 aliphatic heterocycles. The summed E-state index contributed by atoms with van der Waals surface area (Å²) >= 11 is 5.86. The number of nitrogen functional groups attached to an aromatic ring is 1. The van der Waals surface area contributed by atoms with Gasteiger partial charge in [-0.05, 0) is 31.2 Å². The summed E-state index contributed by atoms with van der Waals surface area (Å²) in [5, 5.41) is 2.86. The van der Waals surface area contributed by atoms with Gasteiger partial charge in [0.05, 0.1) is 22.9 Å². The van der Waals surface area contributed by atoms with Crippen molar-refractivity contribution < 1.29 is 13.9 Å². The van der Waals surface area contributed by atoms with Crippen LogP contribution in [-0.2, 0) is 0 Å². The molecule has 2 aromatic rings. The van der Waals surface area contributed by atoms with Crippen molar-refractivity contribution in [2.24, 2.45) is 0 Å². The van der Waals surface area contributed by atoms with E-state index in [0.29, 0.717) is 17.3 Å². The van der Waals surface area contributed by atoms with Crippen LogP contribution < -0.4 is 15.8 Å². The van der Waals surface area contributed by atoms with Crippen LogP contribution in [0.5, 0.6) is 5.75 Å². The average Bonchev–Trinajstić information content (AvgIpc) is 2.45. The number of nitrogens with two attached hydrogens (primary N) is 1. The second-order valence-electron chi connectivity index (χ2n) is 4.23. The van der Waals surface area contributed by atoms with Crippen LogP contribution in [0.3, 0.4) is 0 Å². The van der Waals surface area contributed by atoms with Crippen molar-refractivity contribution in [3.8, 4) is 5.75 Å². The molecule has 110 valence electrons. The normalized spacial score (nSPS) is 10.2. The highest BCUT2D eigenvalue weighted by atomic mass is 35.5. The zero-order valence-electron chi connectivity index (χ0n) is 11.3. The Hall–Kier alpha value is -2.27. The van der Waals surface area contributed by atoms with Gasteiger partial charge in [-0.15, -0.1) is 0 Å². The summed E-state index contributed by atoms with van der Waals surface area (Å²) in [6, 6.07) is 8.93. The molecule has 0 bridgehead atoms. The smallest absolute Gasteiger partial charge is 0.257 e. The van der Waals surface area contributed by atoms with E-state index >= 15 is 0 Å². The number of hydrogen-bond donors (Lipinski definition) is 2.